The molecule has 0 spiro atoms. The number of hydrogen-bond acceptors (Lipinski definition) is 1. The smallest absolute Gasteiger partial charge is 0.252 e. The Morgan fingerprint density at radius 1 is 0.852 bits per heavy atom. The number of halogens is 1. The zero-order valence-corrected chi connectivity index (χ0v) is 16.4. The number of carbonyl (C=O) groups excluding carboxylic acids is 1. The molecule has 3 aliphatic carbocycles. The lowest BCUT2D eigenvalue weighted by Gasteiger charge is -2.45. The Bertz CT molecular complexity index is 981. The second-order valence-electron chi connectivity index (χ2n) is 7.47. The highest BCUT2D eigenvalue weighted by Gasteiger charge is 2.42. The quantitative estimate of drug-likeness (QED) is 0.600. The third kappa shape index (κ3) is 2.72. The van der Waals surface area contributed by atoms with Gasteiger partial charge in [0, 0.05) is 22.9 Å². The minimum absolute atomic E-state index is 0.00880. The van der Waals surface area contributed by atoms with Gasteiger partial charge in [-0.1, -0.05) is 60.7 Å². The maximum Gasteiger partial charge on any atom is 0.252 e. The van der Waals surface area contributed by atoms with E-state index >= 15 is 0 Å². The van der Waals surface area contributed by atoms with E-state index in [4.69, 9.17) is 0 Å². The van der Waals surface area contributed by atoms with Crippen molar-refractivity contribution in [3.05, 3.63) is 105 Å². The number of carbonyl (C=O) groups is 1. The van der Waals surface area contributed by atoms with E-state index in [1.54, 1.807) is 0 Å². The van der Waals surface area contributed by atoms with Crippen LogP contribution in [0.4, 0.5) is 0 Å². The average molecular weight is 418 g/mol. The van der Waals surface area contributed by atoms with Crippen molar-refractivity contribution in [2.24, 2.45) is 5.92 Å². The second-order valence-corrected chi connectivity index (χ2v) is 8.33. The molecule has 0 saturated carbocycles. The number of rotatable bonds is 3. The van der Waals surface area contributed by atoms with E-state index in [0.717, 1.165) is 10.9 Å². The molecule has 1 unspecified atom stereocenters. The van der Waals surface area contributed by atoms with Gasteiger partial charge in [0.05, 0.1) is 5.56 Å². The van der Waals surface area contributed by atoms with Gasteiger partial charge >= 0.3 is 0 Å². The van der Waals surface area contributed by atoms with Crippen molar-refractivity contribution in [3.63, 3.8) is 0 Å². The Morgan fingerprint density at radius 3 is 2.04 bits per heavy atom. The van der Waals surface area contributed by atoms with Crippen LogP contribution in [0.25, 0.3) is 0 Å². The Balaban J connectivity index is 1.44. The van der Waals surface area contributed by atoms with Crippen molar-refractivity contribution in [3.8, 4) is 0 Å². The van der Waals surface area contributed by atoms with E-state index < -0.39 is 0 Å². The summed E-state index contributed by atoms with van der Waals surface area (Å²) in [4.78, 5) is 12.7. The van der Waals surface area contributed by atoms with Crippen LogP contribution in [0.3, 0.4) is 0 Å². The highest BCUT2D eigenvalue weighted by atomic mass is 79.9. The SMILES string of the molecule is O=C(NCC1CC2c3ccccc3C1c1ccccc12)c1ccccc1Br. The van der Waals surface area contributed by atoms with Gasteiger partial charge in [-0.2, -0.15) is 0 Å². The van der Waals surface area contributed by atoms with Crippen molar-refractivity contribution >= 4 is 21.8 Å². The van der Waals surface area contributed by atoms with Crippen molar-refractivity contribution in [1.82, 2.24) is 5.32 Å². The van der Waals surface area contributed by atoms with Gasteiger partial charge in [-0.05, 0) is 62.7 Å². The van der Waals surface area contributed by atoms with Gasteiger partial charge in [-0.3, -0.25) is 4.79 Å². The molecule has 1 atom stereocenters. The largest absolute Gasteiger partial charge is 0.352 e. The number of benzene rings is 3. The summed E-state index contributed by atoms with van der Waals surface area (Å²) in [6, 6.07) is 25.2. The molecule has 3 aromatic carbocycles. The topological polar surface area (TPSA) is 29.1 Å². The monoisotopic (exact) mass is 417 g/mol. The van der Waals surface area contributed by atoms with E-state index in [-0.39, 0.29) is 5.91 Å². The number of fused-ring (bicyclic) bond motifs is 1. The molecule has 0 saturated heterocycles. The van der Waals surface area contributed by atoms with Gasteiger partial charge in [0.2, 0.25) is 0 Å². The number of nitrogens with one attached hydrogen (secondary N) is 1. The van der Waals surface area contributed by atoms with Gasteiger partial charge in [-0.15, -0.1) is 0 Å². The molecular formula is C24H20BrNO. The summed E-state index contributed by atoms with van der Waals surface area (Å²) < 4.78 is 0.836. The van der Waals surface area contributed by atoms with Gasteiger partial charge in [0.15, 0.2) is 0 Å². The molecule has 3 aromatic rings. The Kier molecular flexibility index (Phi) is 4.13. The first-order valence-corrected chi connectivity index (χ1v) is 10.2. The van der Waals surface area contributed by atoms with Crippen LogP contribution in [0.1, 0.15) is 50.9 Å². The lowest BCUT2D eigenvalue weighted by atomic mass is 9.59. The maximum atomic E-state index is 12.7. The molecular weight excluding hydrogens is 398 g/mol. The standard InChI is InChI=1S/C24H20BrNO/c25-22-12-6-5-11-20(22)24(27)26-14-15-13-21-16-7-1-3-9-18(16)23(15)19-10-4-2-8-17(19)21/h1-12,15,21,23H,13-14H2,(H,26,27). The summed E-state index contributed by atoms with van der Waals surface area (Å²) in [5.74, 6) is 1.21. The normalized spacial score (nSPS) is 22.0. The lowest BCUT2D eigenvalue weighted by Crippen LogP contribution is -2.39. The summed E-state index contributed by atoms with van der Waals surface area (Å²) in [6.07, 6.45) is 1.09. The first-order valence-electron chi connectivity index (χ1n) is 9.44. The first-order chi connectivity index (χ1) is 13.2. The van der Waals surface area contributed by atoms with Gasteiger partial charge in [-0.25, -0.2) is 0 Å². The molecule has 6 rings (SSSR count). The molecule has 2 nitrogen and oxygen atoms in total. The Morgan fingerprint density at radius 2 is 1.41 bits per heavy atom. The second kappa shape index (κ2) is 6.65. The molecule has 2 bridgehead atoms. The van der Waals surface area contributed by atoms with E-state index in [1.165, 1.54) is 22.3 Å². The van der Waals surface area contributed by atoms with Crippen molar-refractivity contribution < 1.29 is 4.79 Å². The summed E-state index contributed by atoms with van der Waals surface area (Å²) in [6.45, 7) is 0.698. The Labute approximate surface area is 167 Å². The molecule has 3 heteroatoms. The van der Waals surface area contributed by atoms with Crippen LogP contribution in [-0.2, 0) is 0 Å². The van der Waals surface area contributed by atoms with E-state index in [0.29, 0.717) is 29.9 Å². The lowest BCUT2D eigenvalue weighted by molar-refractivity contribution is 0.0942. The van der Waals surface area contributed by atoms with Crippen LogP contribution in [0.2, 0.25) is 0 Å². The summed E-state index contributed by atoms with van der Waals surface area (Å²) >= 11 is 3.48. The Hall–Kier alpha value is -2.39. The van der Waals surface area contributed by atoms with Crippen LogP contribution < -0.4 is 5.32 Å². The van der Waals surface area contributed by atoms with Gasteiger partial charge in [0.25, 0.3) is 5.91 Å². The fraction of sp³-hybridized carbons (Fsp3) is 0.208. The predicted molar refractivity (Wildman–Crippen MR) is 111 cm³/mol. The zero-order valence-electron chi connectivity index (χ0n) is 14.9. The average Bonchev–Trinajstić information content (AvgIpc) is 2.72. The van der Waals surface area contributed by atoms with E-state index in [9.17, 15) is 4.79 Å². The molecule has 0 radical (unpaired) electrons. The number of amides is 1. The fourth-order valence-electron chi connectivity index (χ4n) is 4.92. The zero-order chi connectivity index (χ0) is 18.4. The highest BCUT2D eigenvalue weighted by molar-refractivity contribution is 9.10. The van der Waals surface area contributed by atoms with Crippen LogP contribution in [0.5, 0.6) is 0 Å². The van der Waals surface area contributed by atoms with Crippen LogP contribution in [0, 0.1) is 5.92 Å². The van der Waals surface area contributed by atoms with Crippen LogP contribution in [-0.4, -0.2) is 12.5 Å². The van der Waals surface area contributed by atoms with Crippen molar-refractivity contribution in [2.75, 3.05) is 6.54 Å². The molecule has 27 heavy (non-hydrogen) atoms. The first kappa shape index (κ1) is 16.8. The molecule has 134 valence electrons. The molecule has 3 aliphatic rings. The maximum absolute atomic E-state index is 12.7. The van der Waals surface area contributed by atoms with Gasteiger partial charge in [0.1, 0.15) is 0 Å². The highest BCUT2D eigenvalue weighted by Crippen LogP contribution is 2.55. The number of hydrogen-bond donors (Lipinski definition) is 1. The summed E-state index contributed by atoms with van der Waals surface area (Å²) in [5, 5.41) is 3.19. The van der Waals surface area contributed by atoms with Gasteiger partial charge < -0.3 is 5.32 Å². The van der Waals surface area contributed by atoms with Crippen molar-refractivity contribution in [1.29, 1.82) is 0 Å². The fourth-order valence-corrected chi connectivity index (χ4v) is 5.39. The van der Waals surface area contributed by atoms with Crippen molar-refractivity contribution in [2.45, 2.75) is 18.3 Å². The molecule has 0 aliphatic heterocycles. The minimum Gasteiger partial charge on any atom is -0.352 e. The summed E-state index contributed by atoms with van der Waals surface area (Å²) in [7, 11) is 0. The summed E-state index contributed by atoms with van der Waals surface area (Å²) in [5.41, 5.74) is 6.50. The molecule has 0 fully saturated rings. The van der Waals surface area contributed by atoms with E-state index in [1.807, 2.05) is 24.3 Å². The minimum atomic E-state index is -0.00880. The third-order valence-electron chi connectivity index (χ3n) is 6.07. The molecule has 1 amide bonds. The predicted octanol–water partition coefficient (Wildman–Crippen LogP) is 5.48. The molecule has 0 aromatic heterocycles. The van der Waals surface area contributed by atoms with Crippen LogP contribution >= 0.6 is 15.9 Å². The molecule has 0 heterocycles. The molecule has 1 N–H and O–H groups in total. The third-order valence-corrected chi connectivity index (χ3v) is 6.76. The van der Waals surface area contributed by atoms with E-state index in [2.05, 4.69) is 69.8 Å². The van der Waals surface area contributed by atoms with Crippen LogP contribution in [0.15, 0.2) is 77.3 Å².